The van der Waals surface area contributed by atoms with Crippen molar-refractivity contribution in [3.05, 3.63) is 96.1 Å². The maximum absolute atomic E-state index is 15.1. The van der Waals surface area contributed by atoms with Crippen molar-refractivity contribution in [2.24, 2.45) is 0 Å². The molecule has 0 aliphatic carbocycles. The molecule has 3 heterocycles. The molecule has 0 spiro atoms. The molecule has 0 fully saturated rings. The Morgan fingerprint density at radius 1 is 1.03 bits per heavy atom. The van der Waals surface area contributed by atoms with Gasteiger partial charge >= 0.3 is 0 Å². The molecule has 0 unspecified atom stereocenters. The number of rotatable bonds is 7. The summed E-state index contributed by atoms with van der Waals surface area (Å²) >= 11 is 0. The summed E-state index contributed by atoms with van der Waals surface area (Å²) in [4.78, 5) is 24.9. The second kappa shape index (κ2) is 10.0. The van der Waals surface area contributed by atoms with E-state index < -0.39 is 11.6 Å². The second-order valence-corrected chi connectivity index (χ2v) is 8.05. The minimum absolute atomic E-state index is 0.0127. The Hall–Kier alpha value is -4.86. The number of imidazole rings is 1. The lowest BCUT2D eigenvalue weighted by atomic mass is 10.0. The zero-order valence-corrected chi connectivity index (χ0v) is 20.0. The van der Waals surface area contributed by atoms with Crippen molar-refractivity contribution in [2.45, 2.75) is 13.3 Å². The topological polar surface area (TPSA) is 93.4 Å². The third kappa shape index (κ3) is 4.56. The van der Waals surface area contributed by atoms with E-state index in [9.17, 15) is 9.18 Å². The summed E-state index contributed by atoms with van der Waals surface area (Å²) in [5, 5.41) is 5.85. The molecule has 8 nitrogen and oxygen atoms in total. The molecule has 1 amide bonds. The summed E-state index contributed by atoms with van der Waals surface area (Å²) in [6.07, 6.45) is 6.76. The maximum Gasteiger partial charge on any atom is 0.251 e. The number of aromatic nitrogens is 4. The van der Waals surface area contributed by atoms with E-state index >= 15 is 4.39 Å². The largest absolute Gasteiger partial charge is 0.436 e. The van der Waals surface area contributed by atoms with E-state index in [0.29, 0.717) is 34.8 Å². The molecule has 3 aromatic heterocycles. The number of nitrogens with one attached hydrogen (secondary N) is 2. The number of benzene rings is 2. The van der Waals surface area contributed by atoms with Crippen molar-refractivity contribution >= 4 is 23.1 Å². The first-order chi connectivity index (χ1) is 18.0. The van der Waals surface area contributed by atoms with Gasteiger partial charge in [-0.15, -0.1) is 0 Å². The normalized spacial score (nSPS) is 10.9. The van der Waals surface area contributed by atoms with Crippen LogP contribution in [0.4, 0.5) is 20.3 Å². The van der Waals surface area contributed by atoms with Gasteiger partial charge in [-0.3, -0.25) is 9.20 Å². The van der Waals surface area contributed by atoms with Crippen LogP contribution < -0.4 is 15.4 Å². The van der Waals surface area contributed by atoms with Gasteiger partial charge in [0.15, 0.2) is 23.0 Å². The number of pyridine rings is 1. The van der Waals surface area contributed by atoms with Gasteiger partial charge in [0.2, 0.25) is 11.7 Å². The first kappa shape index (κ1) is 23.9. The summed E-state index contributed by atoms with van der Waals surface area (Å²) < 4.78 is 37.0. The molecule has 0 bridgehead atoms. The highest BCUT2D eigenvalue weighted by Gasteiger charge is 2.20. The van der Waals surface area contributed by atoms with Crippen molar-refractivity contribution in [2.75, 3.05) is 12.4 Å². The van der Waals surface area contributed by atoms with Gasteiger partial charge in [0, 0.05) is 48.5 Å². The number of anilines is 2. The van der Waals surface area contributed by atoms with Gasteiger partial charge < -0.3 is 15.4 Å². The Balaban J connectivity index is 1.48. The van der Waals surface area contributed by atoms with E-state index in [1.54, 1.807) is 48.0 Å². The van der Waals surface area contributed by atoms with E-state index in [-0.39, 0.29) is 23.1 Å². The average molecular weight is 501 g/mol. The first-order valence-corrected chi connectivity index (χ1v) is 11.5. The Morgan fingerprint density at radius 2 is 1.89 bits per heavy atom. The number of ether oxygens (including phenoxy) is 1. The van der Waals surface area contributed by atoms with Gasteiger partial charge in [0.25, 0.3) is 5.91 Å². The fraction of sp³-hybridized carbons (Fsp3) is 0.111. The highest BCUT2D eigenvalue weighted by atomic mass is 19.2. The number of carbonyl (C=O) groups is 1. The number of nitrogens with zero attached hydrogens (tertiary/aromatic N) is 4. The number of amides is 1. The molecule has 5 aromatic rings. The molecule has 2 N–H and O–H groups in total. The number of hydrogen-bond acceptors (Lipinski definition) is 6. The van der Waals surface area contributed by atoms with Crippen molar-refractivity contribution in [3.63, 3.8) is 0 Å². The molecule has 0 radical (unpaired) electrons. The third-order valence-electron chi connectivity index (χ3n) is 5.82. The van der Waals surface area contributed by atoms with Crippen LogP contribution in [0, 0.1) is 11.6 Å². The predicted octanol–water partition coefficient (Wildman–Crippen LogP) is 5.53. The monoisotopic (exact) mass is 500 g/mol. The molecular weight excluding hydrogens is 478 g/mol. The van der Waals surface area contributed by atoms with Crippen LogP contribution in [-0.2, 0) is 6.42 Å². The SMILES string of the molecule is CCc1cc(Nc2nccn3c(-c4ccc(Oc5ccccn5)c(F)c4F)cnc23)ccc1C(=O)NC. The number of halogens is 2. The summed E-state index contributed by atoms with van der Waals surface area (Å²) in [6.45, 7) is 1.96. The van der Waals surface area contributed by atoms with E-state index in [1.807, 2.05) is 13.0 Å². The average Bonchev–Trinajstić information content (AvgIpc) is 3.36. The Kier molecular flexibility index (Phi) is 6.46. The fourth-order valence-corrected chi connectivity index (χ4v) is 3.99. The Morgan fingerprint density at radius 3 is 2.65 bits per heavy atom. The fourth-order valence-electron chi connectivity index (χ4n) is 3.99. The van der Waals surface area contributed by atoms with Crippen molar-refractivity contribution in [3.8, 4) is 22.9 Å². The minimum atomic E-state index is -1.13. The zero-order chi connectivity index (χ0) is 25.9. The number of fused-ring (bicyclic) bond motifs is 1. The Labute approximate surface area is 211 Å². The smallest absolute Gasteiger partial charge is 0.251 e. The van der Waals surface area contributed by atoms with Crippen LogP contribution in [-0.4, -0.2) is 32.3 Å². The van der Waals surface area contributed by atoms with Gasteiger partial charge in [0.1, 0.15) is 0 Å². The third-order valence-corrected chi connectivity index (χ3v) is 5.82. The van der Waals surface area contributed by atoms with E-state index in [0.717, 1.165) is 5.56 Å². The minimum Gasteiger partial charge on any atom is -0.436 e. The van der Waals surface area contributed by atoms with Crippen molar-refractivity contribution in [1.82, 2.24) is 24.7 Å². The lowest BCUT2D eigenvalue weighted by Crippen LogP contribution is -2.19. The van der Waals surface area contributed by atoms with Crippen LogP contribution in [0.25, 0.3) is 16.9 Å². The van der Waals surface area contributed by atoms with Gasteiger partial charge in [-0.2, -0.15) is 4.39 Å². The lowest BCUT2D eigenvalue weighted by Gasteiger charge is -2.12. The van der Waals surface area contributed by atoms with Crippen LogP contribution in [0.2, 0.25) is 0 Å². The van der Waals surface area contributed by atoms with Crippen LogP contribution in [0.5, 0.6) is 11.6 Å². The molecular formula is C27H22F2N6O2. The van der Waals surface area contributed by atoms with E-state index in [1.165, 1.54) is 30.7 Å². The van der Waals surface area contributed by atoms with Crippen LogP contribution in [0.3, 0.4) is 0 Å². The molecule has 186 valence electrons. The Bertz CT molecular complexity index is 1600. The second-order valence-electron chi connectivity index (χ2n) is 8.05. The summed E-state index contributed by atoms with van der Waals surface area (Å²) in [6, 6.07) is 13.1. The number of aryl methyl sites for hydroxylation is 1. The van der Waals surface area contributed by atoms with Gasteiger partial charge in [-0.05, 0) is 48.4 Å². The molecule has 0 saturated carbocycles. The van der Waals surface area contributed by atoms with E-state index in [4.69, 9.17) is 4.74 Å². The van der Waals surface area contributed by atoms with Gasteiger partial charge in [0.05, 0.1) is 11.9 Å². The van der Waals surface area contributed by atoms with E-state index in [2.05, 4.69) is 25.6 Å². The molecule has 0 aliphatic heterocycles. The molecule has 0 atom stereocenters. The number of carbonyl (C=O) groups excluding carboxylic acids is 1. The summed E-state index contributed by atoms with van der Waals surface area (Å²) in [7, 11) is 1.59. The highest BCUT2D eigenvalue weighted by Crippen LogP contribution is 2.33. The molecule has 0 aliphatic rings. The van der Waals surface area contributed by atoms with Gasteiger partial charge in [-0.1, -0.05) is 13.0 Å². The summed E-state index contributed by atoms with van der Waals surface area (Å²) in [5.74, 6) is -2.07. The lowest BCUT2D eigenvalue weighted by molar-refractivity contribution is 0.0962. The molecule has 0 saturated heterocycles. The maximum atomic E-state index is 15.1. The first-order valence-electron chi connectivity index (χ1n) is 11.5. The van der Waals surface area contributed by atoms with Crippen LogP contribution >= 0.6 is 0 Å². The predicted molar refractivity (Wildman–Crippen MR) is 135 cm³/mol. The number of hydrogen-bond donors (Lipinski definition) is 2. The standard InChI is InChI=1S/C27H22F2N6O2/c1-3-16-14-17(7-8-18(16)27(36)30-2)34-25-26-33-15-20(35(26)13-12-32-25)19-9-10-21(24(29)23(19)28)37-22-6-4-5-11-31-22/h4-15H,3H2,1-2H3,(H,30,36)(H,32,34). The quantitative estimate of drug-likeness (QED) is 0.305. The van der Waals surface area contributed by atoms with Crippen molar-refractivity contribution < 1.29 is 18.3 Å². The summed E-state index contributed by atoms with van der Waals surface area (Å²) in [5.41, 5.74) is 2.94. The van der Waals surface area contributed by atoms with Crippen LogP contribution in [0.1, 0.15) is 22.8 Å². The van der Waals surface area contributed by atoms with Gasteiger partial charge in [-0.25, -0.2) is 19.3 Å². The molecule has 5 rings (SSSR count). The molecule has 10 heteroatoms. The van der Waals surface area contributed by atoms with Crippen LogP contribution in [0.15, 0.2) is 73.3 Å². The highest BCUT2D eigenvalue weighted by molar-refractivity contribution is 5.96. The molecule has 37 heavy (non-hydrogen) atoms. The van der Waals surface area contributed by atoms with Crippen molar-refractivity contribution in [1.29, 1.82) is 0 Å². The zero-order valence-electron chi connectivity index (χ0n) is 20.0. The molecule has 2 aromatic carbocycles.